The summed E-state index contributed by atoms with van der Waals surface area (Å²) in [5, 5.41) is 7.72. The van der Waals surface area contributed by atoms with Crippen molar-refractivity contribution in [3.8, 4) is 0 Å². The van der Waals surface area contributed by atoms with Crippen LogP contribution in [-0.2, 0) is 6.54 Å². The molecule has 1 heterocycles. The van der Waals surface area contributed by atoms with E-state index < -0.39 is 5.91 Å². The van der Waals surface area contributed by atoms with E-state index in [1.54, 1.807) is 35.1 Å². The van der Waals surface area contributed by atoms with Gasteiger partial charge in [-0.05, 0) is 51.8 Å². The summed E-state index contributed by atoms with van der Waals surface area (Å²) in [4.78, 5) is 12.4. The zero-order chi connectivity index (χ0) is 18.0. The molecule has 8 heteroatoms. The van der Waals surface area contributed by atoms with E-state index in [1.807, 2.05) is 0 Å². The van der Waals surface area contributed by atoms with Crippen LogP contribution >= 0.6 is 39.1 Å². The van der Waals surface area contributed by atoms with Crippen LogP contribution in [0.2, 0.25) is 10.0 Å². The number of carbonyl (C=O) groups is 1. The third-order valence-electron chi connectivity index (χ3n) is 3.38. The molecule has 0 aliphatic carbocycles. The Bertz CT molecular complexity index is 928. The number of nitrogens with zero attached hydrogens (tertiary/aromatic N) is 2. The Kier molecular flexibility index (Phi) is 5.42. The number of hydrogen-bond acceptors (Lipinski definition) is 2. The van der Waals surface area contributed by atoms with E-state index >= 15 is 0 Å². The molecule has 0 radical (unpaired) electrons. The maximum absolute atomic E-state index is 13.0. The third kappa shape index (κ3) is 4.39. The first-order valence-corrected chi connectivity index (χ1v) is 8.71. The van der Waals surface area contributed by atoms with Crippen LogP contribution in [0.5, 0.6) is 0 Å². The molecule has 0 spiro atoms. The minimum atomic E-state index is -0.394. The van der Waals surface area contributed by atoms with Gasteiger partial charge in [-0.15, -0.1) is 0 Å². The summed E-state index contributed by atoms with van der Waals surface area (Å²) < 4.78 is 15.2. The molecule has 0 saturated heterocycles. The molecule has 3 aromatic rings. The Balaban J connectivity index is 1.76. The molecule has 0 atom stereocenters. The molecule has 0 fully saturated rings. The van der Waals surface area contributed by atoms with Crippen LogP contribution in [0, 0.1) is 5.82 Å². The number of halogens is 4. The zero-order valence-electron chi connectivity index (χ0n) is 12.6. The van der Waals surface area contributed by atoms with Gasteiger partial charge in [-0.3, -0.25) is 9.48 Å². The second-order valence-electron chi connectivity index (χ2n) is 5.23. The highest BCUT2D eigenvalue weighted by molar-refractivity contribution is 9.10. The average Bonchev–Trinajstić information content (AvgIpc) is 2.89. The van der Waals surface area contributed by atoms with Gasteiger partial charge in [-0.2, -0.15) is 5.10 Å². The van der Waals surface area contributed by atoms with Gasteiger partial charge in [0.25, 0.3) is 5.91 Å². The minimum absolute atomic E-state index is 0.256. The van der Waals surface area contributed by atoms with E-state index in [1.165, 1.54) is 18.2 Å². The lowest BCUT2D eigenvalue weighted by Crippen LogP contribution is -2.13. The second kappa shape index (κ2) is 7.56. The standard InChI is InChI=1S/C17H11BrCl2FN3O/c18-14-9-24(8-10-1-4-12(21)5-2-10)23-16(14)22-17(25)13-6-3-11(19)7-15(13)20/h1-7,9H,8H2,(H,22,23,25). The number of carbonyl (C=O) groups excluding carboxylic acids is 1. The van der Waals surface area contributed by atoms with Gasteiger partial charge in [-0.1, -0.05) is 35.3 Å². The molecule has 0 unspecified atom stereocenters. The van der Waals surface area contributed by atoms with Crippen LogP contribution in [0.4, 0.5) is 10.2 Å². The summed E-state index contributed by atoms with van der Waals surface area (Å²) in [5.74, 6) is -0.328. The SMILES string of the molecule is O=C(Nc1nn(Cc2ccc(F)cc2)cc1Br)c1ccc(Cl)cc1Cl. The van der Waals surface area contributed by atoms with Crippen molar-refractivity contribution in [3.05, 3.63) is 80.1 Å². The molecule has 128 valence electrons. The fraction of sp³-hybridized carbons (Fsp3) is 0.0588. The molecule has 0 aliphatic rings. The van der Waals surface area contributed by atoms with Crippen molar-refractivity contribution in [2.75, 3.05) is 5.32 Å². The highest BCUT2D eigenvalue weighted by Crippen LogP contribution is 2.25. The smallest absolute Gasteiger partial charge is 0.258 e. The number of hydrogen-bond donors (Lipinski definition) is 1. The number of benzene rings is 2. The van der Waals surface area contributed by atoms with Crippen LogP contribution < -0.4 is 5.32 Å². The first-order valence-electron chi connectivity index (χ1n) is 7.16. The van der Waals surface area contributed by atoms with E-state index in [2.05, 4.69) is 26.3 Å². The lowest BCUT2D eigenvalue weighted by Gasteiger charge is -2.05. The van der Waals surface area contributed by atoms with Crippen molar-refractivity contribution >= 4 is 50.9 Å². The Morgan fingerprint density at radius 2 is 1.92 bits per heavy atom. The van der Waals surface area contributed by atoms with E-state index in [-0.39, 0.29) is 10.8 Å². The molecule has 1 amide bonds. The van der Waals surface area contributed by atoms with Gasteiger partial charge >= 0.3 is 0 Å². The molecule has 3 rings (SSSR count). The average molecular weight is 443 g/mol. The van der Waals surface area contributed by atoms with Crippen molar-refractivity contribution < 1.29 is 9.18 Å². The second-order valence-corrected chi connectivity index (χ2v) is 6.93. The quantitative estimate of drug-likeness (QED) is 0.588. The number of nitrogens with one attached hydrogen (secondary N) is 1. The van der Waals surface area contributed by atoms with Crippen molar-refractivity contribution in [3.63, 3.8) is 0 Å². The molecule has 25 heavy (non-hydrogen) atoms. The van der Waals surface area contributed by atoms with Gasteiger partial charge in [0.2, 0.25) is 0 Å². The van der Waals surface area contributed by atoms with Crippen LogP contribution in [0.15, 0.2) is 53.1 Å². The van der Waals surface area contributed by atoms with E-state index in [0.717, 1.165) is 5.56 Å². The van der Waals surface area contributed by atoms with Crippen LogP contribution in [-0.4, -0.2) is 15.7 Å². The first kappa shape index (κ1) is 17.9. The lowest BCUT2D eigenvalue weighted by molar-refractivity contribution is 0.102. The monoisotopic (exact) mass is 441 g/mol. The van der Waals surface area contributed by atoms with Crippen molar-refractivity contribution in [2.24, 2.45) is 0 Å². The summed E-state index contributed by atoms with van der Waals surface area (Å²) in [6, 6.07) is 10.8. The normalized spacial score (nSPS) is 10.7. The zero-order valence-corrected chi connectivity index (χ0v) is 15.7. The first-order chi connectivity index (χ1) is 11.9. The molecular formula is C17H11BrCl2FN3O. The van der Waals surface area contributed by atoms with Gasteiger partial charge in [-0.25, -0.2) is 4.39 Å². The molecule has 0 aliphatic heterocycles. The van der Waals surface area contributed by atoms with Crippen molar-refractivity contribution in [2.45, 2.75) is 6.54 Å². The fourth-order valence-electron chi connectivity index (χ4n) is 2.19. The molecule has 4 nitrogen and oxygen atoms in total. The number of aromatic nitrogens is 2. The van der Waals surface area contributed by atoms with Gasteiger partial charge in [0.05, 0.1) is 21.6 Å². The summed E-state index contributed by atoms with van der Waals surface area (Å²) in [7, 11) is 0. The number of amides is 1. The van der Waals surface area contributed by atoms with Gasteiger partial charge in [0.1, 0.15) is 5.82 Å². The summed E-state index contributed by atoms with van der Waals surface area (Å²) in [5.41, 5.74) is 1.18. The fourth-order valence-corrected chi connectivity index (χ4v) is 3.10. The summed E-state index contributed by atoms with van der Waals surface area (Å²) in [6.45, 7) is 0.441. The van der Waals surface area contributed by atoms with Gasteiger partial charge < -0.3 is 5.32 Å². The molecule has 0 bridgehead atoms. The van der Waals surface area contributed by atoms with Gasteiger partial charge in [0.15, 0.2) is 5.82 Å². The number of anilines is 1. The largest absolute Gasteiger partial charge is 0.304 e. The van der Waals surface area contributed by atoms with Gasteiger partial charge in [0, 0.05) is 11.2 Å². The minimum Gasteiger partial charge on any atom is -0.304 e. The Labute approximate surface area is 161 Å². The number of rotatable bonds is 4. The van der Waals surface area contributed by atoms with E-state index in [4.69, 9.17) is 23.2 Å². The molecule has 2 aromatic carbocycles. The van der Waals surface area contributed by atoms with Crippen LogP contribution in [0.25, 0.3) is 0 Å². The topological polar surface area (TPSA) is 46.9 Å². The van der Waals surface area contributed by atoms with E-state index in [9.17, 15) is 9.18 Å². The predicted octanol–water partition coefficient (Wildman–Crippen LogP) is 5.39. The molecule has 0 saturated carbocycles. The molecule has 1 N–H and O–H groups in total. The van der Waals surface area contributed by atoms with E-state index in [0.29, 0.717) is 27.4 Å². The molecule has 1 aromatic heterocycles. The summed E-state index contributed by atoms with van der Waals surface area (Å²) >= 11 is 15.2. The lowest BCUT2D eigenvalue weighted by atomic mass is 10.2. The Hall–Kier alpha value is -1.89. The van der Waals surface area contributed by atoms with Crippen molar-refractivity contribution in [1.82, 2.24) is 9.78 Å². The Morgan fingerprint density at radius 3 is 2.60 bits per heavy atom. The maximum Gasteiger partial charge on any atom is 0.258 e. The maximum atomic E-state index is 13.0. The summed E-state index contributed by atoms with van der Waals surface area (Å²) in [6.07, 6.45) is 1.72. The van der Waals surface area contributed by atoms with Crippen LogP contribution in [0.3, 0.4) is 0 Å². The Morgan fingerprint density at radius 1 is 1.20 bits per heavy atom. The predicted molar refractivity (Wildman–Crippen MR) is 99.8 cm³/mol. The highest BCUT2D eigenvalue weighted by Gasteiger charge is 2.15. The van der Waals surface area contributed by atoms with Crippen molar-refractivity contribution in [1.29, 1.82) is 0 Å². The van der Waals surface area contributed by atoms with Crippen LogP contribution in [0.1, 0.15) is 15.9 Å². The molecular weight excluding hydrogens is 432 g/mol. The third-order valence-corrected chi connectivity index (χ3v) is 4.51. The highest BCUT2D eigenvalue weighted by atomic mass is 79.9.